The highest BCUT2D eigenvalue weighted by molar-refractivity contribution is 7.18. The fraction of sp³-hybridized carbons (Fsp3) is 0. The zero-order valence-electron chi connectivity index (χ0n) is 13.7. The van der Waals surface area contributed by atoms with Crippen molar-refractivity contribution in [1.29, 1.82) is 0 Å². The number of nitro benzene ring substituents is 1. The van der Waals surface area contributed by atoms with Crippen molar-refractivity contribution in [2.24, 2.45) is 0 Å². The Bertz CT molecular complexity index is 1290. The number of hydrogen-bond donors (Lipinski definition) is 1. The zero-order valence-corrected chi connectivity index (χ0v) is 14.5. The molecule has 0 aliphatic rings. The SMILES string of the molecule is O=c1oc2ccc([N+](=O)[O-])cc2cc1-c1nnc(Nc2ccc(F)cc2F)s1. The van der Waals surface area contributed by atoms with Gasteiger partial charge in [-0.15, -0.1) is 10.2 Å². The number of halogens is 2. The second-order valence-corrected chi connectivity index (χ2v) is 6.57. The van der Waals surface area contributed by atoms with Crippen LogP contribution in [0.3, 0.4) is 0 Å². The third-order valence-corrected chi connectivity index (χ3v) is 4.63. The van der Waals surface area contributed by atoms with Crippen LogP contribution in [0.5, 0.6) is 0 Å². The molecule has 8 nitrogen and oxygen atoms in total. The Kier molecular flexibility index (Phi) is 4.28. The molecule has 0 aliphatic carbocycles. The Labute approximate surface area is 158 Å². The minimum Gasteiger partial charge on any atom is -0.422 e. The van der Waals surface area contributed by atoms with Crippen molar-refractivity contribution in [3.63, 3.8) is 0 Å². The van der Waals surface area contributed by atoms with Gasteiger partial charge in [0.25, 0.3) is 5.69 Å². The zero-order chi connectivity index (χ0) is 19.8. The number of rotatable bonds is 4. The molecular formula is C17H8F2N4O4S. The van der Waals surface area contributed by atoms with Crippen molar-refractivity contribution < 1.29 is 18.1 Å². The number of hydrogen-bond acceptors (Lipinski definition) is 8. The molecule has 0 saturated heterocycles. The first kappa shape index (κ1) is 17.7. The average Bonchev–Trinajstić information content (AvgIpc) is 3.11. The summed E-state index contributed by atoms with van der Waals surface area (Å²) < 4.78 is 31.9. The molecule has 0 unspecified atom stereocenters. The van der Waals surface area contributed by atoms with Gasteiger partial charge in [0.05, 0.1) is 16.2 Å². The van der Waals surface area contributed by atoms with Gasteiger partial charge in [-0.05, 0) is 24.3 Å². The molecule has 0 radical (unpaired) electrons. The number of nitro groups is 1. The van der Waals surface area contributed by atoms with Crippen LogP contribution in [0.25, 0.3) is 21.5 Å². The molecule has 28 heavy (non-hydrogen) atoms. The number of nitrogens with zero attached hydrogens (tertiary/aromatic N) is 3. The molecule has 0 atom stereocenters. The third kappa shape index (κ3) is 3.30. The molecular weight excluding hydrogens is 394 g/mol. The van der Waals surface area contributed by atoms with E-state index in [1.807, 2.05) is 0 Å². The number of anilines is 2. The fourth-order valence-corrected chi connectivity index (χ4v) is 3.22. The predicted molar refractivity (Wildman–Crippen MR) is 97.7 cm³/mol. The van der Waals surface area contributed by atoms with E-state index in [0.717, 1.165) is 23.5 Å². The van der Waals surface area contributed by atoms with Gasteiger partial charge in [-0.1, -0.05) is 11.3 Å². The Hall–Kier alpha value is -3.73. The maximum absolute atomic E-state index is 13.7. The van der Waals surface area contributed by atoms with Gasteiger partial charge >= 0.3 is 5.63 Å². The van der Waals surface area contributed by atoms with E-state index < -0.39 is 22.2 Å². The summed E-state index contributed by atoms with van der Waals surface area (Å²) in [4.78, 5) is 22.6. The van der Waals surface area contributed by atoms with Crippen LogP contribution in [0.1, 0.15) is 0 Å². The molecule has 2 heterocycles. The lowest BCUT2D eigenvalue weighted by Gasteiger charge is -2.02. The highest BCUT2D eigenvalue weighted by atomic mass is 32.1. The molecule has 0 saturated carbocycles. The van der Waals surface area contributed by atoms with Crippen molar-refractivity contribution in [1.82, 2.24) is 10.2 Å². The van der Waals surface area contributed by atoms with E-state index in [-0.39, 0.29) is 32.7 Å². The summed E-state index contributed by atoms with van der Waals surface area (Å²) in [7, 11) is 0. The molecule has 0 spiro atoms. The van der Waals surface area contributed by atoms with Crippen LogP contribution in [0, 0.1) is 21.7 Å². The summed E-state index contributed by atoms with van der Waals surface area (Å²) in [6.07, 6.45) is 0. The van der Waals surface area contributed by atoms with Gasteiger partial charge in [0.15, 0.2) is 5.01 Å². The Morgan fingerprint density at radius 2 is 1.93 bits per heavy atom. The van der Waals surface area contributed by atoms with E-state index in [9.17, 15) is 23.7 Å². The number of fused-ring (bicyclic) bond motifs is 1. The van der Waals surface area contributed by atoms with Crippen molar-refractivity contribution in [3.8, 4) is 10.6 Å². The maximum atomic E-state index is 13.7. The first-order chi connectivity index (χ1) is 13.4. The molecule has 0 fully saturated rings. The van der Waals surface area contributed by atoms with E-state index >= 15 is 0 Å². The molecule has 0 amide bonds. The highest BCUT2D eigenvalue weighted by Crippen LogP contribution is 2.30. The van der Waals surface area contributed by atoms with Gasteiger partial charge in [0, 0.05) is 23.6 Å². The first-order valence-electron chi connectivity index (χ1n) is 7.69. The molecule has 0 bridgehead atoms. The quantitative estimate of drug-likeness (QED) is 0.309. The van der Waals surface area contributed by atoms with Crippen LogP contribution in [0.15, 0.2) is 51.7 Å². The first-order valence-corrected chi connectivity index (χ1v) is 8.50. The van der Waals surface area contributed by atoms with E-state index in [4.69, 9.17) is 4.42 Å². The van der Waals surface area contributed by atoms with Gasteiger partial charge in [-0.3, -0.25) is 10.1 Å². The lowest BCUT2D eigenvalue weighted by molar-refractivity contribution is -0.384. The Morgan fingerprint density at radius 3 is 2.68 bits per heavy atom. The minimum absolute atomic E-state index is 0.00901. The van der Waals surface area contributed by atoms with Crippen molar-refractivity contribution in [3.05, 3.63) is 74.6 Å². The lowest BCUT2D eigenvalue weighted by Crippen LogP contribution is -2.02. The van der Waals surface area contributed by atoms with Crippen LogP contribution in [0.2, 0.25) is 0 Å². The molecule has 140 valence electrons. The van der Waals surface area contributed by atoms with Crippen LogP contribution in [-0.4, -0.2) is 15.1 Å². The summed E-state index contributed by atoms with van der Waals surface area (Å²) in [5.41, 5.74) is -0.616. The number of nitrogens with one attached hydrogen (secondary N) is 1. The van der Waals surface area contributed by atoms with Gasteiger partial charge in [0.1, 0.15) is 17.2 Å². The summed E-state index contributed by atoms with van der Waals surface area (Å²) in [6, 6.07) is 8.26. The minimum atomic E-state index is -0.811. The van der Waals surface area contributed by atoms with E-state index in [0.29, 0.717) is 5.39 Å². The summed E-state index contributed by atoms with van der Waals surface area (Å²) >= 11 is 0.939. The molecule has 11 heteroatoms. The highest BCUT2D eigenvalue weighted by Gasteiger charge is 2.16. The number of aromatic nitrogens is 2. The summed E-state index contributed by atoms with van der Waals surface area (Å²) in [5, 5.41) is 22.0. The smallest absolute Gasteiger partial charge is 0.346 e. The number of non-ortho nitro benzene ring substituents is 1. The fourth-order valence-electron chi connectivity index (χ4n) is 2.46. The van der Waals surface area contributed by atoms with Gasteiger partial charge in [0.2, 0.25) is 5.13 Å². The molecule has 4 aromatic rings. The molecule has 2 aromatic carbocycles. The summed E-state index contributed by atoms with van der Waals surface area (Å²) in [5.74, 6) is -1.53. The van der Waals surface area contributed by atoms with Crippen LogP contribution >= 0.6 is 11.3 Å². The largest absolute Gasteiger partial charge is 0.422 e. The number of benzene rings is 2. The van der Waals surface area contributed by atoms with Crippen LogP contribution in [0.4, 0.5) is 25.3 Å². The molecule has 4 rings (SSSR count). The second-order valence-electron chi connectivity index (χ2n) is 5.59. The molecule has 0 aliphatic heterocycles. The van der Waals surface area contributed by atoms with Crippen LogP contribution < -0.4 is 10.9 Å². The summed E-state index contributed by atoms with van der Waals surface area (Å²) in [6.45, 7) is 0. The van der Waals surface area contributed by atoms with E-state index in [1.165, 1.54) is 30.3 Å². The van der Waals surface area contributed by atoms with Gasteiger partial charge in [-0.2, -0.15) is 0 Å². The maximum Gasteiger partial charge on any atom is 0.346 e. The topological polar surface area (TPSA) is 111 Å². The van der Waals surface area contributed by atoms with Crippen molar-refractivity contribution in [2.45, 2.75) is 0 Å². The normalized spacial score (nSPS) is 10.9. The van der Waals surface area contributed by atoms with Gasteiger partial charge < -0.3 is 9.73 Å². The average molecular weight is 402 g/mol. The lowest BCUT2D eigenvalue weighted by atomic mass is 10.2. The van der Waals surface area contributed by atoms with Crippen molar-refractivity contribution >= 4 is 38.8 Å². The predicted octanol–water partition coefficient (Wildman–Crippen LogP) is 4.24. The van der Waals surface area contributed by atoms with E-state index in [1.54, 1.807) is 0 Å². The van der Waals surface area contributed by atoms with E-state index in [2.05, 4.69) is 15.5 Å². The Morgan fingerprint density at radius 1 is 1.11 bits per heavy atom. The molecule has 1 N–H and O–H groups in total. The second kappa shape index (κ2) is 6.78. The van der Waals surface area contributed by atoms with Crippen LogP contribution in [-0.2, 0) is 0 Å². The van der Waals surface area contributed by atoms with Crippen molar-refractivity contribution in [2.75, 3.05) is 5.32 Å². The standard InChI is InChI=1S/C17H8F2N4O4S/c18-9-1-3-13(12(19)7-9)20-17-22-21-15(28-17)11-6-8-5-10(23(25)26)2-4-14(8)27-16(11)24/h1-7H,(H,20,22). The molecule has 2 aromatic heterocycles. The third-order valence-electron chi connectivity index (χ3n) is 3.75. The Balaban J connectivity index is 1.71. The van der Waals surface area contributed by atoms with Gasteiger partial charge in [-0.25, -0.2) is 13.6 Å². The monoisotopic (exact) mass is 402 g/mol.